The number of hydrogen-bond acceptors (Lipinski definition) is 3. The van der Waals surface area contributed by atoms with Gasteiger partial charge in [0.2, 0.25) is 0 Å². The van der Waals surface area contributed by atoms with Gasteiger partial charge in [-0.25, -0.2) is 0 Å². The first kappa shape index (κ1) is 10.5. The van der Waals surface area contributed by atoms with E-state index in [0.717, 1.165) is 0 Å². The molecule has 0 aliphatic carbocycles. The smallest absolute Gasteiger partial charge is 0.152 e. The van der Waals surface area contributed by atoms with Gasteiger partial charge in [-0.3, -0.25) is 4.79 Å². The van der Waals surface area contributed by atoms with Gasteiger partial charge in [0.05, 0.1) is 0 Å². The fourth-order valence-electron chi connectivity index (χ4n) is 0.669. The Kier molecular flexibility index (Phi) is 4.53. The summed E-state index contributed by atoms with van der Waals surface area (Å²) in [7, 11) is 0. The normalized spacial score (nSPS) is 8.17. The van der Waals surface area contributed by atoms with Crippen LogP contribution in [0.15, 0.2) is 18.2 Å². The summed E-state index contributed by atoms with van der Waals surface area (Å²) in [6.45, 7) is 4.00. The number of aromatic hydroxyl groups is 1. The number of nitrogen functional groups attached to an aromatic ring is 1. The quantitative estimate of drug-likeness (QED) is 0.495. The molecule has 3 heteroatoms. The van der Waals surface area contributed by atoms with Crippen LogP contribution in [0.4, 0.5) is 5.69 Å². The van der Waals surface area contributed by atoms with Crippen molar-refractivity contribution in [2.75, 3.05) is 5.73 Å². The highest BCUT2D eigenvalue weighted by Gasteiger charge is 1.96. The molecule has 0 unspecified atom stereocenters. The second-order valence-electron chi connectivity index (χ2n) is 1.93. The Balaban J connectivity index is 0.000000561. The average molecular weight is 167 g/mol. The van der Waals surface area contributed by atoms with Crippen LogP contribution < -0.4 is 5.73 Å². The zero-order chi connectivity index (χ0) is 9.56. The molecule has 0 aliphatic heterocycles. The van der Waals surface area contributed by atoms with Crippen LogP contribution in [0.25, 0.3) is 0 Å². The number of hydrogen-bond donors (Lipinski definition) is 2. The monoisotopic (exact) mass is 167 g/mol. The Bertz CT molecular complexity index is 259. The van der Waals surface area contributed by atoms with Crippen molar-refractivity contribution in [3.05, 3.63) is 23.8 Å². The van der Waals surface area contributed by atoms with Crippen molar-refractivity contribution in [2.45, 2.75) is 13.8 Å². The van der Waals surface area contributed by atoms with Gasteiger partial charge in [-0.05, 0) is 12.1 Å². The third-order valence-electron chi connectivity index (χ3n) is 1.20. The van der Waals surface area contributed by atoms with Crippen LogP contribution in [0.2, 0.25) is 0 Å². The lowest BCUT2D eigenvalue weighted by molar-refractivity contribution is 0.112. The van der Waals surface area contributed by atoms with Gasteiger partial charge in [0.25, 0.3) is 0 Å². The molecule has 0 aromatic heterocycles. The van der Waals surface area contributed by atoms with E-state index in [9.17, 15) is 4.79 Å². The van der Waals surface area contributed by atoms with Gasteiger partial charge < -0.3 is 10.8 Å². The van der Waals surface area contributed by atoms with Gasteiger partial charge in [-0.2, -0.15) is 0 Å². The maximum Gasteiger partial charge on any atom is 0.152 e. The number of aldehydes is 1. The Hall–Kier alpha value is -1.51. The van der Waals surface area contributed by atoms with E-state index in [4.69, 9.17) is 10.8 Å². The Labute approximate surface area is 71.8 Å². The molecule has 66 valence electrons. The lowest BCUT2D eigenvalue weighted by Crippen LogP contribution is -1.90. The van der Waals surface area contributed by atoms with Crippen molar-refractivity contribution in [1.29, 1.82) is 0 Å². The highest BCUT2D eigenvalue weighted by Crippen LogP contribution is 2.16. The summed E-state index contributed by atoms with van der Waals surface area (Å²) in [5.41, 5.74) is 6.04. The molecule has 0 fully saturated rings. The number of benzene rings is 1. The number of phenolic OH excluding ortho intramolecular Hbond substituents is 1. The van der Waals surface area contributed by atoms with E-state index in [1.54, 1.807) is 0 Å². The summed E-state index contributed by atoms with van der Waals surface area (Å²) in [5.74, 6) is 0.0723. The first-order valence-electron chi connectivity index (χ1n) is 3.77. The standard InChI is InChI=1S/C7H7NO2.C2H6/c8-7-3-6(10)2-1-5(7)4-9;1-2/h1-4,10H,8H2;1-2H3. The largest absolute Gasteiger partial charge is 0.508 e. The van der Waals surface area contributed by atoms with Crippen LogP contribution in [0.1, 0.15) is 24.2 Å². The number of nitrogens with two attached hydrogens (primary N) is 1. The minimum absolute atomic E-state index is 0.0723. The molecule has 0 spiro atoms. The van der Waals surface area contributed by atoms with Gasteiger partial charge >= 0.3 is 0 Å². The fourth-order valence-corrected chi connectivity index (χ4v) is 0.669. The number of carbonyl (C=O) groups is 1. The second kappa shape index (κ2) is 5.18. The van der Waals surface area contributed by atoms with E-state index in [-0.39, 0.29) is 5.75 Å². The van der Waals surface area contributed by atoms with Crippen molar-refractivity contribution >= 4 is 12.0 Å². The molecule has 12 heavy (non-hydrogen) atoms. The zero-order valence-corrected chi connectivity index (χ0v) is 7.24. The van der Waals surface area contributed by atoms with E-state index in [1.165, 1.54) is 18.2 Å². The SMILES string of the molecule is CC.Nc1cc(O)ccc1C=O. The summed E-state index contributed by atoms with van der Waals surface area (Å²) >= 11 is 0. The highest BCUT2D eigenvalue weighted by atomic mass is 16.3. The molecular weight excluding hydrogens is 154 g/mol. The van der Waals surface area contributed by atoms with Gasteiger partial charge in [-0.1, -0.05) is 13.8 Å². The van der Waals surface area contributed by atoms with Crippen molar-refractivity contribution in [1.82, 2.24) is 0 Å². The number of carbonyl (C=O) groups excluding carboxylic acids is 1. The first-order valence-corrected chi connectivity index (χ1v) is 3.77. The Morgan fingerprint density at radius 3 is 2.42 bits per heavy atom. The van der Waals surface area contributed by atoms with E-state index >= 15 is 0 Å². The average Bonchev–Trinajstić information content (AvgIpc) is 2.08. The van der Waals surface area contributed by atoms with Crippen LogP contribution in [-0.4, -0.2) is 11.4 Å². The minimum Gasteiger partial charge on any atom is -0.508 e. The molecule has 0 radical (unpaired) electrons. The van der Waals surface area contributed by atoms with Crippen LogP contribution in [-0.2, 0) is 0 Å². The van der Waals surface area contributed by atoms with Gasteiger partial charge in [0, 0.05) is 17.3 Å². The topological polar surface area (TPSA) is 63.3 Å². The molecule has 0 amide bonds. The molecule has 0 saturated heterocycles. The molecule has 3 nitrogen and oxygen atoms in total. The summed E-state index contributed by atoms with van der Waals surface area (Å²) in [5, 5.41) is 8.84. The van der Waals surface area contributed by atoms with Crippen molar-refractivity contribution in [3.8, 4) is 5.75 Å². The number of rotatable bonds is 1. The molecule has 0 aliphatic rings. The first-order chi connectivity index (χ1) is 5.74. The molecule has 1 rings (SSSR count). The molecule has 0 saturated carbocycles. The summed E-state index contributed by atoms with van der Waals surface area (Å²) in [6, 6.07) is 4.22. The third-order valence-corrected chi connectivity index (χ3v) is 1.20. The molecule has 0 heterocycles. The number of anilines is 1. The fraction of sp³-hybridized carbons (Fsp3) is 0.222. The molecule has 3 N–H and O–H groups in total. The summed E-state index contributed by atoms with van der Waals surface area (Å²) in [4.78, 5) is 10.2. The Morgan fingerprint density at radius 1 is 1.42 bits per heavy atom. The van der Waals surface area contributed by atoms with Crippen LogP contribution >= 0.6 is 0 Å². The van der Waals surface area contributed by atoms with Gasteiger partial charge in [0.15, 0.2) is 6.29 Å². The van der Waals surface area contributed by atoms with E-state index < -0.39 is 0 Å². The summed E-state index contributed by atoms with van der Waals surface area (Å²) in [6.07, 6.45) is 0.648. The maximum atomic E-state index is 10.2. The molecule has 1 aromatic carbocycles. The molecule has 0 bridgehead atoms. The van der Waals surface area contributed by atoms with Crippen molar-refractivity contribution in [3.63, 3.8) is 0 Å². The van der Waals surface area contributed by atoms with Crippen LogP contribution in [0.3, 0.4) is 0 Å². The lowest BCUT2D eigenvalue weighted by atomic mass is 10.2. The minimum atomic E-state index is 0.0723. The van der Waals surface area contributed by atoms with Crippen molar-refractivity contribution < 1.29 is 9.90 Å². The van der Waals surface area contributed by atoms with Gasteiger partial charge in [-0.15, -0.1) is 0 Å². The predicted molar refractivity (Wildman–Crippen MR) is 49.3 cm³/mol. The molecule has 1 aromatic rings. The lowest BCUT2D eigenvalue weighted by Gasteiger charge is -1.96. The van der Waals surface area contributed by atoms with E-state index in [1.807, 2.05) is 13.8 Å². The Morgan fingerprint density at radius 2 is 2.00 bits per heavy atom. The third kappa shape index (κ3) is 2.62. The summed E-state index contributed by atoms with van der Waals surface area (Å²) < 4.78 is 0. The highest BCUT2D eigenvalue weighted by molar-refractivity contribution is 5.83. The second-order valence-corrected chi connectivity index (χ2v) is 1.93. The predicted octanol–water partition coefficient (Wildman–Crippen LogP) is 1.81. The van der Waals surface area contributed by atoms with Crippen LogP contribution in [0.5, 0.6) is 5.75 Å². The van der Waals surface area contributed by atoms with Crippen LogP contribution in [0, 0.1) is 0 Å². The van der Waals surface area contributed by atoms with Crippen molar-refractivity contribution in [2.24, 2.45) is 0 Å². The zero-order valence-electron chi connectivity index (χ0n) is 7.24. The number of phenols is 1. The maximum absolute atomic E-state index is 10.2. The molecule has 0 atom stereocenters. The van der Waals surface area contributed by atoms with E-state index in [0.29, 0.717) is 17.5 Å². The van der Waals surface area contributed by atoms with E-state index in [2.05, 4.69) is 0 Å². The molecular formula is C9H13NO2. The van der Waals surface area contributed by atoms with Gasteiger partial charge in [0.1, 0.15) is 5.75 Å².